The topological polar surface area (TPSA) is 63.5 Å². The molecule has 1 heterocycles. The third kappa shape index (κ3) is 4.89. The molecule has 0 bridgehead atoms. The SMILES string of the molecule is O=C(N/N=C\c1cccc(F)c1)c1cccn(Cc2cccc(Cl)c2)c1=O. The molecule has 0 aliphatic heterocycles. The van der Waals surface area contributed by atoms with E-state index in [4.69, 9.17) is 11.6 Å². The molecular formula is C20H15ClFN3O2. The number of pyridine rings is 1. The quantitative estimate of drug-likeness (QED) is 0.541. The smallest absolute Gasteiger partial charge is 0.276 e. The van der Waals surface area contributed by atoms with Crippen molar-refractivity contribution >= 4 is 23.7 Å². The minimum atomic E-state index is -0.645. The number of aromatic nitrogens is 1. The molecule has 0 aliphatic carbocycles. The Kier molecular flexibility index (Phi) is 5.78. The second-order valence-electron chi connectivity index (χ2n) is 5.74. The lowest BCUT2D eigenvalue weighted by Crippen LogP contribution is -2.30. The first-order valence-corrected chi connectivity index (χ1v) is 8.43. The van der Waals surface area contributed by atoms with E-state index in [1.165, 1.54) is 35.0 Å². The maximum atomic E-state index is 13.1. The highest BCUT2D eigenvalue weighted by Crippen LogP contribution is 2.11. The lowest BCUT2D eigenvalue weighted by molar-refractivity contribution is 0.0953. The predicted octanol–water partition coefficient (Wildman–Crippen LogP) is 3.45. The molecule has 0 unspecified atom stereocenters. The average Bonchev–Trinajstić information content (AvgIpc) is 2.63. The minimum Gasteiger partial charge on any atom is -0.310 e. The Morgan fingerprint density at radius 2 is 1.96 bits per heavy atom. The molecule has 5 nitrogen and oxygen atoms in total. The number of carbonyl (C=O) groups is 1. The van der Waals surface area contributed by atoms with Gasteiger partial charge in [0.05, 0.1) is 12.8 Å². The molecule has 3 aromatic rings. The van der Waals surface area contributed by atoms with Crippen molar-refractivity contribution in [3.63, 3.8) is 0 Å². The van der Waals surface area contributed by atoms with Gasteiger partial charge >= 0.3 is 0 Å². The first-order valence-electron chi connectivity index (χ1n) is 8.06. The normalized spacial score (nSPS) is 10.9. The Morgan fingerprint density at radius 3 is 2.74 bits per heavy atom. The Bertz CT molecular complexity index is 1060. The summed E-state index contributed by atoms with van der Waals surface area (Å²) in [6.07, 6.45) is 2.89. The van der Waals surface area contributed by atoms with Crippen LogP contribution in [0, 0.1) is 5.82 Å². The molecule has 0 atom stereocenters. The summed E-state index contributed by atoms with van der Waals surface area (Å²) in [6, 6.07) is 15.9. The molecular weight excluding hydrogens is 369 g/mol. The fraction of sp³-hybridized carbons (Fsp3) is 0.0500. The number of carbonyl (C=O) groups excluding carboxylic acids is 1. The molecule has 0 saturated carbocycles. The molecule has 0 saturated heterocycles. The van der Waals surface area contributed by atoms with Gasteiger partial charge in [0.1, 0.15) is 11.4 Å². The van der Waals surface area contributed by atoms with Crippen molar-refractivity contribution < 1.29 is 9.18 Å². The summed E-state index contributed by atoms with van der Waals surface area (Å²) < 4.78 is 14.5. The molecule has 0 spiro atoms. The van der Waals surface area contributed by atoms with E-state index in [0.717, 1.165) is 5.56 Å². The van der Waals surface area contributed by atoms with Crippen LogP contribution in [0.5, 0.6) is 0 Å². The molecule has 27 heavy (non-hydrogen) atoms. The third-order valence-electron chi connectivity index (χ3n) is 3.74. The molecule has 3 rings (SSSR count). The van der Waals surface area contributed by atoms with Crippen molar-refractivity contribution in [2.24, 2.45) is 5.10 Å². The van der Waals surface area contributed by atoms with E-state index >= 15 is 0 Å². The summed E-state index contributed by atoms with van der Waals surface area (Å²) in [5.41, 5.74) is 3.11. The number of hydrazone groups is 1. The Labute approximate surface area is 159 Å². The van der Waals surface area contributed by atoms with Crippen LogP contribution in [0.15, 0.2) is 76.8 Å². The Balaban J connectivity index is 1.74. The number of hydrogen-bond acceptors (Lipinski definition) is 3. The largest absolute Gasteiger partial charge is 0.310 e. The predicted molar refractivity (Wildman–Crippen MR) is 103 cm³/mol. The molecule has 0 radical (unpaired) electrons. The van der Waals surface area contributed by atoms with Crippen molar-refractivity contribution in [1.29, 1.82) is 0 Å². The van der Waals surface area contributed by atoms with Crippen LogP contribution in [0.4, 0.5) is 4.39 Å². The van der Waals surface area contributed by atoms with Gasteiger partial charge in [-0.25, -0.2) is 9.82 Å². The fourth-order valence-corrected chi connectivity index (χ4v) is 2.69. The van der Waals surface area contributed by atoms with E-state index in [0.29, 0.717) is 10.6 Å². The average molecular weight is 384 g/mol. The van der Waals surface area contributed by atoms with Crippen LogP contribution in [0.1, 0.15) is 21.5 Å². The number of amides is 1. The molecule has 136 valence electrons. The van der Waals surface area contributed by atoms with Gasteiger partial charge in [0.15, 0.2) is 0 Å². The third-order valence-corrected chi connectivity index (χ3v) is 3.97. The van der Waals surface area contributed by atoms with Crippen LogP contribution in [0.3, 0.4) is 0 Å². The van der Waals surface area contributed by atoms with Gasteiger partial charge in [0.25, 0.3) is 11.5 Å². The Hall–Kier alpha value is -3.25. The highest BCUT2D eigenvalue weighted by atomic mass is 35.5. The van der Waals surface area contributed by atoms with Crippen LogP contribution >= 0.6 is 11.6 Å². The maximum absolute atomic E-state index is 13.1. The summed E-state index contributed by atoms with van der Waals surface area (Å²) in [5, 5.41) is 4.34. The Morgan fingerprint density at radius 1 is 1.15 bits per heavy atom. The van der Waals surface area contributed by atoms with Crippen molar-refractivity contribution in [1.82, 2.24) is 9.99 Å². The molecule has 1 N–H and O–H groups in total. The van der Waals surface area contributed by atoms with Crippen LogP contribution < -0.4 is 11.0 Å². The van der Waals surface area contributed by atoms with E-state index in [9.17, 15) is 14.0 Å². The summed E-state index contributed by atoms with van der Waals surface area (Å²) >= 11 is 5.96. The zero-order valence-corrected chi connectivity index (χ0v) is 14.9. The summed E-state index contributed by atoms with van der Waals surface area (Å²) in [6.45, 7) is 0.285. The molecule has 2 aromatic carbocycles. The summed E-state index contributed by atoms with van der Waals surface area (Å²) in [5.74, 6) is -1.05. The van der Waals surface area contributed by atoms with Crippen molar-refractivity contribution in [2.45, 2.75) is 6.54 Å². The number of halogens is 2. The number of nitrogens with one attached hydrogen (secondary N) is 1. The molecule has 1 amide bonds. The summed E-state index contributed by atoms with van der Waals surface area (Å²) in [7, 11) is 0. The number of rotatable bonds is 5. The van der Waals surface area contributed by atoms with Crippen LogP contribution in [0.25, 0.3) is 0 Å². The summed E-state index contributed by atoms with van der Waals surface area (Å²) in [4.78, 5) is 24.8. The van der Waals surface area contributed by atoms with Gasteiger partial charge in [0.2, 0.25) is 0 Å². The van der Waals surface area contributed by atoms with Gasteiger partial charge < -0.3 is 4.57 Å². The number of nitrogens with zero attached hydrogens (tertiary/aromatic N) is 2. The molecule has 0 fully saturated rings. The fourth-order valence-electron chi connectivity index (χ4n) is 2.48. The lowest BCUT2D eigenvalue weighted by Gasteiger charge is -2.08. The van der Waals surface area contributed by atoms with E-state index < -0.39 is 17.3 Å². The number of hydrogen-bond donors (Lipinski definition) is 1. The van der Waals surface area contributed by atoms with E-state index in [1.807, 2.05) is 6.07 Å². The first kappa shape index (κ1) is 18.5. The molecule has 1 aromatic heterocycles. The zero-order chi connectivity index (χ0) is 19.2. The van der Waals surface area contributed by atoms with Gasteiger partial charge in [-0.05, 0) is 47.5 Å². The number of benzene rings is 2. The van der Waals surface area contributed by atoms with Crippen molar-refractivity contribution in [2.75, 3.05) is 0 Å². The minimum absolute atomic E-state index is 0.0454. The highest BCUT2D eigenvalue weighted by molar-refractivity contribution is 6.30. The zero-order valence-electron chi connectivity index (χ0n) is 14.1. The van der Waals surface area contributed by atoms with Gasteiger partial charge in [-0.2, -0.15) is 5.10 Å². The van der Waals surface area contributed by atoms with Gasteiger partial charge in [-0.15, -0.1) is 0 Å². The second-order valence-corrected chi connectivity index (χ2v) is 6.18. The van der Waals surface area contributed by atoms with E-state index in [2.05, 4.69) is 10.5 Å². The standard InChI is InChI=1S/C20H15ClFN3O2/c21-16-6-1-5-15(10-16)13-25-9-3-8-18(20(25)27)19(26)24-23-12-14-4-2-7-17(22)11-14/h1-12H,13H2,(H,24,26)/b23-12-. The second kappa shape index (κ2) is 8.42. The van der Waals surface area contributed by atoms with Crippen LogP contribution in [-0.4, -0.2) is 16.7 Å². The van der Waals surface area contributed by atoms with Crippen molar-refractivity contribution in [3.05, 3.63) is 105 Å². The van der Waals surface area contributed by atoms with Gasteiger partial charge in [-0.3, -0.25) is 9.59 Å². The monoisotopic (exact) mass is 383 g/mol. The van der Waals surface area contributed by atoms with Gasteiger partial charge in [-0.1, -0.05) is 35.9 Å². The van der Waals surface area contributed by atoms with E-state index in [1.54, 1.807) is 36.5 Å². The van der Waals surface area contributed by atoms with E-state index in [-0.39, 0.29) is 12.1 Å². The molecule has 0 aliphatic rings. The van der Waals surface area contributed by atoms with Crippen LogP contribution in [0.2, 0.25) is 5.02 Å². The lowest BCUT2D eigenvalue weighted by atomic mass is 10.2. The highest BCUT2D eigenvalue weighted by Gasteiger charge is 2.11. The maximum Gasteiger partial charge on any atom is 0.276 e. The first-order chi connectivity index (χ1) is 13.0. The van der Waals surface area contributed by atoms with Crippen LogP contribution in [-0.2, 0) is 6.54 Å². The van der Waals surface area contributed by atoms with Gasteiger partial charge in [0, 0.05) is 11.2 Å². The van der Waals surface area contributed by atoms with Crippen molar-refractivity contribution in [3.8, 4) is 0 Å². The molecule has 7 heteroatoms.